The van der Waals surface area contributed by atoms with Crippen LogP contribution >= 0.6 is 0 Å². The van der Waals surface area contributed by atoms with Gasteiger partial charge in [0.15, 0.2) is 5.82 Å². The van der Waals surface area contributed by atoms with E-state index in [-0.39, 0.29) is 17.3 Å². The summed E-state index contributed by atoms with van der Waals surface area (Å²) in [6.45, 7) is 3.81. The predicted molar refractivity (Wildman–Crippen MR) is 130 cm³/mol. The maximum atomic E-state index is 12.4. The van der Waals surface area contributed by atoms with Crippen molar-refractivity contribution >= 4 is 28.8 Å². The minimum atomic E-state index is -4.50. The Morgan fingerprint density at radius 3 is 2.31 bits per heavy atom. The van der Waals surface area contributed by atoms with Crippen LogP contribution in [0.3, 0.4) is 0 Å². The van der Waals surface area contributed by atoms with Gasteiger partial charge in [0.25, 0.3) is 11.8 Å². The zero-order valence-corrected chi connectivity index (χ0v) is 19.1. The number of nitrogens with two attached hydrogens (primary N) is 1. The molecule has 36 heavy (non-hydrogen) atoms. The van der Waals surface area contributed by atoms with Crippen molar-refractivity contribution in [1.29, 1.82) is 0 Å². The van der Waals surface area contributed by atoms with Crippen LogP contribution in [0.2, 0.25) is 0 Å². The molecule has 0 aliphatic carbocycles. The second-order valence-electron chi connectivity index (χ2n) is 8.04. The third kappa shape index (κ3) is 5.19. The molecule has 0 atom stereocenters. The molecule has 0 unspecified atom stereocenters. The molecule has 2 heterocycles. The number of rotatable bonds is 6. The molecule has 2 amide bonds. The van der Waals surface area contributed by atoms with Crippen molar-refractivity contribution in [3.63, 3.8) is 0 Å². The van der Waals surface area contributed by atoms with Crippen LogP contribution in [0.4, 0.5) is 24.7 Å². The molecule has 4 aromatic rings. The number of aromatic nitrogens is 3. The monoisotopic (exact) mass is 494 g/mol. The fourth-order valence-corrected chi connectivity index (χ4v) is 3.59. The van der Waals surface area contributed by atoms with Crippen LogP contribution in [0.25, 0.3) is 27.8 Å². The lowest BCUT2D eigenvalue weighted by Gasteiger charge is -2.10. The summed E-state index contributed by atoms with van der Waals surface area (Å²) < 4.78 is 38.9. The summed E-state index contributed by atoms with van der Waals surface area (Å²) in [4.78, 5) is 28.1. The lowest BCUT2D eigenvalue weighted by Crippen LogP contribution is -2.33. The highest BCUT2D eigenvalue weighted by Gasteiger charge is 2.28. The van der Waals surface area contributed by atoms with Crippen molar-refractivity contribution < 1.29 is 22.8 Å². The van der Waals surface area contributed by atoms with Gasteiger partial charge in [-0.25, -0.2) is 9.50 Å². The normalized spacial score (nSPS) is 11.3. The van der Waals surface area contributed by atoms with E-state index in [0.717, 1.165) is 11.1 Å². The minimum Gasteiger partial charge on any atom is -0.382 e. The predicted octanol–water partition coefficient (Wildman–Crippen LogP) is 4.45. The van der Waals surface area contributed by atoms with Gasteiger partial charge >= 0.3 is 6.18 Å². The van der Waals surface area contributed by atoms with Crippen LogP contribution in [0.5, 0.6) is 0 Å². The van der Waals surface area contributed by atoms with E-state index in [1.165, 1.54) is 18.5 Å². The van der Waals surface area contributed by atoms with E-state index < -0.39 is 18.6 Å². The fraction of sp³-hybridized carbons (Fsp3) is 0.120. The second kappa shape index (κ2) is 9.53. The highest BCUT2D eigenvalue weighted by atomic mass is 19.4. The number of halogens is 3. The molecular formula is C25H21F3N6O2. The number of fused-ring (bicyclic) bond motifs is 1. The summed E-state index contributed by atoms with van der Waals surface area (Å²) in [7, 11) is 0. The summed E-state index contributed by atoms with van der Waals surface area (Å²) in [5.74, 6) is -0.903. The van der Waals surface area contributed by atoms with Gasteiger partial charge in [-0.1, -0.05) is 30.8 Å². The Labute approximate surface area is 203 Å². The number of carbonyl (C=O) groups is 2. The molecule has 4 N–H and O–H groups in total. The molecular weight excluding hydrogens is 473 g/mol. The molecule has 11 heteroatoms. The second-order valence-corrected chi connectivity index (χ2v) is 8.04. The topological polar surface area (TPSA) is 114 Å². The zero-order valence-electron chi connectivity index (χ0n) is 19.1. The van der Waals surface area contributed by atoms with Crippen LogP contribution < -0.4 is 16.4 Å². The van der Waals surface area contributed by atoms with Crippen molar-refractivity contribution in [3.8, 4) is 22.3 Å². The number of anilines is 2. The van der Waals surface area contributed by atoms with E-state index in [1.807, 2.05) is 17.4 Å². The average Bonchev–Trinajstić information content (AvgIpc) is 3.23. The summed E-state index contributed by atoms with van der Waals surface area (Å²) in [6.07, 6.45) is -1.41. The van der Waals surface area contributed by atoms with Gasteiger partial charge in [0.2, 0.25) is 0 Å². The molecule has 0 radical (unpaired) electrons. The molecule has 0 saturated heterocycles. The highest BCUT2D eigenvalue weighted by Crippen LogP contribution is 2.38. The molecule has 0 bridgehead atoms. The van der Waals surface area contributed by atoms with Crippen molar-refractivity contribution in [2.75, 3.05) is 17.6 Å². The highest BCUT2D eigenvalue weighted by molar-refractivity contribution is 6.03. The molecule has 4 rings (SSSR count). The summed E-state index contributed by atoms with van der Waals surface area (Å²) in [6, 6.07) is 13.2. The third-order valence-corrected chi connectivity index (χ3v) is 5.33. The number of amides is 2. The van der Waals surface area contributed by atoms with Gasteiger partial charge < -0.3 is 16.4 Å². The first-order valence-electron chi connectivity index (χ1n) is 10.7. The first-order chi connectivity index (χ1) is 17.0. The van der Waals surface area contributed by atoms with E-state index in [4.69, 9.17) is 5.73 Å². The van der Waals surface area contributed by atoms with Crippen LogP contribution in [0.1, 0.15) is 17.3 Å². The Morgan fingerprint density at radius 2 is 1.69 bits per heavy atom. The molecule has 8 nitrogen and oxygen atoms in total. The Kier molecular flexibility index (Phi) is 6.47. The summed E-state index contributed by atoms with van der Waals surface area (Å²) in [5.41, 5.74) is 10.6. The smallest absolute Gasteiger partial charge is 0.382 e. The number of nitrogens with zero attached hydrogens (tertiary/aromatic N) is 3. The number of benzene rings is 2. The number of hydrogen-bond acceptors (Lipinski definition) is 5. The quantitative estimate of drug-likeness (QED) is 0.343. The van der Waals surface area contributed by atoms with Gasteiger partial charge in [0, 0.05) is 34.1 Å². The molecule has 2 aromatic carbocycles. The molecule has 0 aliphatic rings. The van der Waals surface area contributed by atoms with E-state index >= 15 is 0 Å². The summed E-state index contributed by atoms with van der Waals surface area (Å²) in [5, 5.41) is 8.83. The molecule has 0 aliphatic heterocycles. The fourth-order valence-electron chi connectivity index (χ4n) is 3.59. The standard InChI is InChI=1S/C25H21F3N6O2/c1-14(2)23(35)33-18-9-7-15(8-10-18)19-11-34-21(22(29)31-13-32-34)20(19)16-3-5-17(6-4-16)24(36)30-12-25(26,27)28/h3-11,13H,1,12H2,2H3,(H,30,36)(H,33,35)(H2,29,31,32). The zero-order chi connectivity index (χ0) is 26.0. The SMILES string of the molecule is C=C(C)C(=O)Nc1ccc(-c2cn3ncnc(N)c3c2-c2ccc(C(=O)NCC(F)(F)F)cc2)cc1. The van der Waals surface area contributed by atoms with Gasteiger partial charge in [-0.2, -0.15) is 18.3 Å². The van der Waals surface area contributed by atoms with Gasteiger partial charge in [0.1, 0.15) is 18.4 Å². The Balaban J connectivity index is 1.72. The minimum absolute atomic E-state index is 0.0786. The largest absolute Gasteiger partial charge is 0.405 e. The summed E-state index contributed by atoms with van der Waals surface area (Å²) >= 11 is 0. The average molecular weight is 494 g/mol. The number of nitrogen functional groups attached to an aromatic ring is 1. The van der Waals surface area contributed by atoms with Gasteiger partial charge in [-0.15, -0.1) is 0 Å². The molecule has 0 fully saturated rings. The first-order valence-corrected chi connectivity index (χ1v) is 10.7. The Morgan fingerprint density at radius 1 is 1.06 bits per heavy atom. The van der Waals surface area contributed by atoms with E-state index in [0.29, 0.717) is 27.9 Å². The number of alkyl halides is 3. The number of hydrogen-bond donors (Lipinski definition) is 3. The lowest BCUT2D eigenvalue weighted by atomic mass is 9.96. The van der Waals surface area contributed by atoms with E-state index in [1.54, 1.807) is 41.9 Å². The molecule has 0 saturated carbocycles. The molecule has 0 spiro atoms. The van der Waals surface area contributed by atoms with Gasteiger partial charge in [0.05, 0.1) is 0 Å². The van der Waals surface area contributed by atoms with Gasteiger partial charge in [-0.05, 0) is 42.3 Å². The Bertz CT molecular complexity index is 1460. The van der Waals surface area contributed by atoms with Crippen LogP contribution in [-0.2, 0) is 4.79 Å². The molecule has 2 aromatic heterocycles. The molecule has 184 valence electrons. The Hall–Kier alpha value is -4.67. The van der Waals surface area contributed by atoms with E-state index in [2.05, 4.69) is 22.0 Å². The van der Waals surface area contributed by atoms with Crippen LogP contribution in [-0.4, -0.2) is 39.1 Å². The van der Waals surface area contributed by atoms with Crippen molar-refractivity contribution in [1.82, 2.24) is 19.9 Å². The van der Waals surface area contributed by atoms with Crippen LogP contribution in [0.15, 0.2) is 73.2 Å². The lowest BCUT2D eigenvalue weighted by molar-refractivity contribution is -0.123. The van der Waals surface area contributed by atoms with Crippen LogP contribution in [0, 0.1) is 0 Å². The van der Waals surface area contributed by atoms with Crippen molar-refractivity contribution in [3.05, 3.63) is 78.8 Å². The van der Waals surface area contributed by atoms with Gasteiger partial charge in [-0.3, -0.25) is 9.59 Å². The van der Waals surface area contributed by atoms with E-state index in [9.17, 15) is 22.8 Å². The third-order valence-electron chi connectivity index (χ3n) is 5.33. The maximum Gasteiger partial charge on any atom is 0.405 e. The van der Waals surface area contributed by atoms with Crippen molar-refractivity contribution in [2.45, 2.75) is 13.1 Å². The maximum absolute atomic E-state index is 12.4. The van der Waals surface area contributed by atoms with Crippen molar-refractivity contribution in [2.24, 2.45) is 0 Å². The number of carbonyl (C=O) groups excluding carboxylic acids is 2. The number of nitrogens with one attached hydrogen (secondary N) is 2. The first kappa shape index (κ1) is 24.5.